The van der Waals surface area contributed by atoms with E-state index in [0.29, 0.717) is 38.1 Å². The Morgan fingerprint density at radius 2 is 1.86 bits per heavy atom. The third kappa shape index (κ3) is 8.26. The van der Waals surface area contributed by atoms with E-state index in [1.54, 1.807) is 13.0 Å². The Balaban J connectivity index is 1.96. The number of ether oxygens (including phenoxy) is 1. The van der Waals surface area contributed by atoms with Gasteiger partial charge in [0.1, 0.15) is 5.75 Å². The van der Waals surface area contributed by atoms with Crippen molar-refractivity contribution in [3.63, 3.8) is 0 Å². The van der Waals surface area contributed by atoms with Crippen molar-refractivity contribution in [2.45, 2.75) is 90.7 Å². The number of nitrogens with zero attached hydrogens (tertiary/aromatic N) is 3. The van der Waals surface area contributed by atoms with Gasteiger partial charge in [-0.1, -0.05) is 58.1 Å². The fourth-order valence-electron chi connectivity index (χ4n) is 3.95. The van der Waals surface area contributed by atoms with Crippen molar-refractivity contribution in [3.05, 3.63) is 50.7 Å². The van der Waals surface area contributed by atoms with Crippen LogP contribution in [0, 0.1) is 0 Å². The van der Waals surface area contributed by atoms with Crippen LogP contribution in [-0.4, -0.2) is 37.6 Å². The molecule has 2 N–H and O–H groups in total. The summed E-state index contributed by atoms with van der Waals surface area (Å²) >= 11 is 0. The zero-order valence-corrected chi connectivity index (χ0v) is 21.5. The van der Waals surface area contributed by atoms with Crippen molar-refractivity contribution < 1.29 is 14.6 Å². The summed E-state index contributed by atoms with van der Waals surface area (Å²) in [5.41, 5.74) is -1.09. The fraction of sp³-hybridized carbons (Fsp3) is 0.615. The van der Waals surface area contributed by atoms with E-state index in [9.17, 15) is 19.5 Å². The number of carboxylic acid groups (broad SMARTS) is 1. The Kier molecular flexibility index (Phi) is 11.0. The monoisotopic (exact) mass is 488 g/mol. The molecule has 1 aromatic heterocycles. The topological polar surface area (TPSA) is 115 Å². The van der Waals surface area contributed by atoms with Crippen LogP contribution in [0.2, 0.25) is 0 Å². The molecule has 1 atom stereocenters. The molecule has 2 aromatic rings. The van der Waals surface area contributed by atoms with Crippen molar-refractivity contribution in [2.24, 2.45) is 7.05 Å². The van der Waals surface area contributed by atoms with Crippen molar-refractivity contribution in [1.29, 1.82) is 0 Å². The molecule has 0 amide bonds. The van der Waals surface area contributed by atoms with Crippen LogP contribution in [0.15, 0.2) is 33.9 Å². The Labute approximate surface area is 207 Å². The van der Waals surface area contributed by atoms with Crippen LogP contribution >= 0.6 is 0 Å². The lowest BCUT2D eigenvalue weighted by atomic mass is 10.0. The first kappa shape index (κ1) is 28.1. The number of aliphatic carboxylic acids is 1. The predicted molar refractivity (Wildman–Crippen MR) is 137 cm³/mol. The molecule has 0 radical (unpaired) electrons. The molecule has 0 bridgehead atoms. The summed E-state index contributed by atoms with van der Waals surface area (Å²) in [7, 11) is 1.47. The van der Waals surface area contributed by atoms with E-state index in [-0.39, 0.29) is 5.82 Å². The summed E-state index contributed by atoms with van der Waals surface area (Å²) in [6.45, 7) is 6.67. The molecule has 35 heavy (non-hydrogen) atoms. The Morgan fingerprint density at radius 3 is 2.54 bits per heavy atom. The van der Waals surface area contributed by atoms with Gasteiger partial charge in [0, 0.05) is 20.1 Å². The number of rotatable bonds is 16. The van der Waals surface area contributed by atoms with Crippen molar-refractivity contribution in [3.8, 4) is 5.75 Å². The summed E-state index contributed by atoms with van der Waals surface area (Å²) < 4.78 is 8.29. The van der Waals surface area contributed by atoms with E-state index in [1.165, 1.54) is 18.2 Å². The maximum atomic E-state index is 12.5. The number of nitrogens with one attached hydrogen (secondary N) is 1. The first-order valence-corrected chi connectivity index (χ1v) is 12.6. The number of aromatic nitrogens is 3. The molecular formula is C26H40N4O5. The zero-order chi connectivity index (χ0) is 25.8. The van der Waals surface area contributed by atoms with Crippen LogP contribution in [0.3, 0.4) is 0 Å². The molecule has 0 spiro atoms. The zero-order valence-electron chi connectivity index (χ0n) is 21.5. The van der Waals surface area contributed by atoms with Gasteiger partial charge in [0.2, 0.25) is 11.4 Å². The van der Waals surface area contributed by atoms with Crippen LogP contribution in [0.25, 0.3) is 0 Å². The molecule has 9 nitrogen and oxygen atoms in total. The van der Waals surface area contributed by atoms with Crippen LogP contribution in [0.5, 0.6) is 5.75 Å². The van der Waals surface area contributed by atoms with Gasteiger partial charge in [-0.05, 0) is 50.3 Å². The molecule has 0 aliphatic carbocycles. The fourth-order valence-corrected chi connectivity index (χ4v) is 3.95. The smallest absolute Gasteiger partial charge is 0.347 e. The minimum absolute atomic E-state index is 0.175. The number of aryl methyl sites for hydroxylation is 2. The molecule has 2 rings (SSSR count). The van der Waals surface area contributed by atoms with Crippen LogP contribution < -0.4 is 21.3 Å². The van der Waals surface area contributed by atoms with Gasteiger partial charge in [0.25, 0.3) is 5.56 Å². The molecule has 0 aliphatic heterocycles. The van der Waals surface area contributed by atoms with Gasteiger partial charge in [0.05, 0.1) is 0 Å². The highest BCUT2D eigenvalue weighted by molar-refractivity contribution is 5.77. The maximum absolute atomic E-state index is 12.5. The van der Waals surface area contributed by atoms with E-state index in [2.05, 4.69) is 17.3 Å². The Bertz CT molecular complexity index is 1080. The summed E-state index contributed by atoms with van der Waals surface area (Å²) in [5, 5.41) is 16.9. The number of hydrogen-bond donors (Lipinski definition) is 2. The molecule has 9 heteroatoms. The highest BCUT2D eigenvalue weighted by atomic mass is 16.5. The number of unbranched alkanes of at least 4 members (excludes halogenated alkanes) is 4. The van der Waals surface area contributed by atoms with Crippen LogP contribution in [0.4, 0.5) is 5.82 Å². The minimum Gasteiger partial charge on any atom is -0.478 e. The lowest BCUT2D eigenvalue weighted by molar-refractivity contribution is -0.154. The highest BCUT2D eigenvalue weighted by Gasteiger charge is 2.34. The van der Waals surface area contributed by atoms with E-state index in [4.69, 9.17) is 4.74 Å². The molecule has 0 saturated carbocycles. The standard InChI is InChI=1S/C26H40N4O5/c1-5-7-8-9-10-18-30-25(34)29(4)23(31)22(28-30)27-17-12-14-20-13-11-15-21(19-20)35-26(3,16-6-2)24(32)33/h11,13,15,19H,5-10,12,14,16-18H2,1-4H3,(H,27,28)(H,32,33). The second-order valence-corrected chi connectivity index (χ2v) is 9.20. The van der Waals surface area contributed by atoms with Gasteiger partial charge >= 0.3 is 11.7 Å². The largest absolute Gasteiger partial charge is 0.478 e. The second-order valence-electron chi connectivity index (χ2n) is 9.20. The number of carboxylic acids is 1. The summed E-state index contributed by atoms with van der Waals surface area (Å²) in [5.74, 6) is -0.282. The molecule has 0 fully saturated rings. The maximum Gasteiger partial charge on any atom is 0.347 e. The van der Waals surface area contributed by atoms with Crippen LogP contribution in [-0.2, 0) is 24.8 Å². The van der Waals surface area contributed by atoms with Crippen LogP contribution in [0.1, 0.15) is 77.7 Å². The average Bonchev–Trinajstić information content (AvgIpc) is 2.82. The van der Waals surface area contributed by atoms with Crippen molar-refractivity contribution in [1.82, 2.24) is 14.3 Å². The molecule has 194 valence electrons. The summed E-state index contributed by atoms with van der Waals surface area (Å²) in [6.07, 6.45) is 7.88. The molecule has 0 aliphatic rings. The van der Waals surface area contributed by atoms with E-state index >= 15 is 0 Å². The molecule has 0 saturated heterocycles. The first-order chi connectivity index (χ1) is 16.7. The lowest BCUT2D eigenvalue weighted by Crippen LogP contribution is -2.41. The molecule has 1 aromatic carbocycles. The average molecular weight is 489 g/mol. The number of anilines is 1. The van der Waals surface area contributed by atoms with Gasteiger partial charge in [-0.25, -0.2) is 14.3 Å². The van der Waals surface area contributed by atoms with E-state index in [0.717, 1.165) is 42.2 Å². The normalized spacial score (nSPS) is 12.8. The predicted octanol–water partition coefficient (Wildman–Crippen LogP) is 3.98. The minimum atomic E-state index is -1.26. The van der Waals surface area contributed by atoms with Gasteiger partial charge in [-0.2, -0.15) is 0 Å². The SMILES string of the molecule is CCCCCCCn1nc(NCCCc2cccc(OC(C)(CCC)C(=O)O)c2)c(=O)n(C)c1=O. The second kappa shape index (κ2) is 13.7. The van der Waals surface area contributed by atoms with E-state index < -0.39 is 22.8 Å². The van der Waals surface area contributed by atoms with E-state index in [1.807, 2.05) is 25.1 Å². The quantitative estimate of drug-likeness (QED) is 0.343. The van der Waals surface area contributed by atoms with Gasteiger partial charge in [0.15, 0.2) is 0 Å². The third-order valence-electron chi connectivity index (χ3n) is 6.06. The lowest BCUT2D eigenvalue weighted by Gasteiger charge is -2.26. The Hall–Kier alpha value is -3.10. The van der Waals surface area contributed by atoms with Crippen molar-refractivity contribution >= 4 is 11.8 Å². The molecular weight excluding hydrogens is 448 g/mol. The number of carbonyl (C=O) groups is 1. The van der Waals surface area contributed by atoms with Gasteiger partial charge < -0.3 is 15.2 Å². The van der Waals surface area contributed by atoms with Gasteiger partial charge in [-0.15, -0.1) is 5.10 Å². The summed E-state index contributed by atoms with van der Waals surface area (Å²) in [6, 6.07) is 7.42. The molecule has 1 heterocycles. The molecule has 1 unspecified atom stereocenters. The van der Waals surface area contributed by atoms with Crippen molar-refractivity contribution in [2.75, 3.05) is 11.9 Å². The first-order valence-electron chi connectivity index (χ1n) is 12.6. The Morgan fingerprint density at radius 1 is 1.11 bits per heavy atom. The summed E-state index contributed by atoms with van der Waals surface area (Å²) in [4.78, 5) is 36.5. The third-order valence-corrected chi connectivity index (χ3v) is 6.06. The van der Waals surface area contributed by atoms with Gasteiger partial charge in [-0.3, -0.25) is 9.36 Å². The highest BCUT2D eigenvalue weighted by Crippen LogP contribution is 2.24. The number of benzene rings is 1. The number of hydrogen-bond acceptors (Lipinski definition) is 6.